The minimum absolute atomic E-state index is 0.358. The highest BCUT2D eigenvalue weighted by molar-refractivity contribution is 6.29. The fourth-order valence-electron chi connectivity index (χ4n) is 3.22. The van der Waals surface area contributed by atoms with Gasteiger partial charge in [-0.2, -0.15) is 0 Å². The average molecular weight is 328 g/mol. The van der Waals surface area contributed by atoms with Crippen molar-refractivity contribution in [1.29, 1.82) is 0 Å². The van der Waals surface area contributed by atoms with Crippen molar-refractivity contribution >= 4 is 22.7 Å². The Bertz CT molecular complexity index is 766. The molecule has 0 radical (unpaired) electrons. The van der Waals surface area contributed by atoms with Gasteiger partial charge in [-0.25, -0.2) is 9.97 Å². The van der Waals surface area contributed by atoms with Crippen LogP contribution in [0.4, 0.5) is 0 Å². The number of fused-ring (bicyclic) bond motifs is 1. The number of aromatic nitrogens is 2. The van der Waals surface area contributed by atoms with E-state index in [2.05, 4.69) is 14.9 Å². The molecule has 23 heavy (non-hydrogen) atoms. The number of hydrogen-bond acceptors (Lipinski definition) is 4. The van der Waals surface area contributed by atoms with Crippen LogP contribution in [0.5, 0.6) is 0 Å². The molecule has 4 rings (SSSR count). The van der Waals surface area contributed by atoms with Gasteiger partial charge in [-0.1, -0.05) is 29.8 Å². The molecule has 1 aliphatic rings. The normalized spacial score (nSPS) is 19.3. The fraction of sp³-hybridized carbons (Fsp3) is 0.333. The quantitative estimate of drug-likeness (QED) is 0.674. The highest BCUT2D eigenvalue weighted by atomic mass is 35.5. The van der Waals surface area contributed by atoms with Crippen LogP contribution in [0, 0.1) is 0 Å². The van der Waals surface area contributed by atoms with E-state index in [0.717, 1.165) is 49.5 Å². The first-order chi connectivity index (χ1) is 11.3. The molecule has 1 aliphatic heterocycles. The monoisotopic (exact) mass is 327 g/mol. The van der Waals surface area contributed by atoms with Crippen molar-refractivity contribution in [2.75, 3.05) is 13.1 Å². The van der Waals surface area contributed by atoms with Crippen LogP contribution in [0.25, 0.3) is 11.1 Å². The van der Waals surface area contributed by atoms with Gasteiger partial charge in [0.15, 0.2) is 11.5 Å². The number of hydrogen-bond donors (Lipinski definition) is 0. The second kappa shape index (κ2) is 6.30. The molecule has 1 atom stereocenters. The Labute approximate surface area is 140 Å². The summed E-state index contributed by atoms with van der Waals surface area (Å²) < 4.78 is 5.95. The fourth-order valence-corrected chi connectivity index (χ4v) is 3.34. The van der Waals surface area contributed by atoms with Crippen LogP contribution < -0.4 is 0 Å². The second-order valence-corrected chi connectivity index (χ2v) is 6.47. The predicted octanol–water partition coefficient (Wildman–Crippen LogP) is 4.26. The number of para-hydroxylation sites is 2. The Morgan fingerprint density at radius 1 is 1.22 bits per heavy atom. The Kier molecular flexibility index (Phi) is 4.02. The molecule has 0 aliphatic carbocycles. The molecule has 5 heteroatoms. The van der Waals surface area contributed by atoms with Crippen molar-refractivity contribution in [2.24, 2.45) is 0 Å². The Morgan fingerprint density at radius 3 is 2.96 bits per heavy atom. The van der Waals surface area contributed by atoms with Crippen molar-refractivity contribution in [1.82, 2.24) is 14.9 Å². The third-order valence-corrected chi connectivity index (χ3v) is 4.58. The lowest BCUT2D eigenvalue weighted by Gasteiger charge is -2.31. The van der Waals surface area contributed by atoms with E-state index in [1.165, 1.54) is 5.56 Å². The summed E-state index contributed by atoms with van der Waals surface area (Å²) in [6.45, 7) is 2.95. The van der Waals surface area contributed by atoms with E-state index in [1.54, 1.807) is 0 Å². The molecular formula is C18H18ClN3O. The lowest BCUT2D eigenvalue weighted by Crippen LogP contribution is -2.34. The number of nitrogens with zero attached hydrogens (tertiary/aromatic N) is 3. The van der Waals surface area contributed by atoms with Crippen molar-refractivity contribution in [3.8, 4) is 0 Å². The minimum atomic E-state index is 0.358. The lowest BCUT2D eigenvalue weighted by molar-refractivity contribution is 0.187. The first kappa shape index (κ1) is 14.7. The van der Waals surface area contributed by atoms with Gasteiger partial charge in [0.1, 0.15) is 10.7 Å². The van der Waals surface area contributed by atoms with Gasteiger partial charge >= 0.3 is 0 Å². The van der Waals surface area contributed by atoms with Crippen molar-refractivity contribution < 1.29 is 4.42 Å². The molecule has 3 aromatic rings. The molecule has 0 spiro atoms. The van der Waals surface area contributed by atoms with Gasteiger partial charge in [-0.15, -0.1) is 0 Å². The smallest absolute Gasteiger partial charge is 0.199 e. The number of piperidine rings is 1. The molecule has 2 aromatic heterocycles. The highest BCUT2D eigenvalue weighted by Crippen LogP contribution is 2.29. The van der Waals surface area contributed by atoms with Gasteiger partial charge < -0.3 is 4.42 Å². The van der Waals surface area contributed by atoms with Gasteiger partial charge in [0, 0.05) is 25.2 Å². The first-order valence-corrected chi connectivity index (χ1v) is 8.34. The highest BCUT2D eigenvalue weighted by Gasteiger charge is 2.25. The number of pyridine rings is 1. The topological polar surface area (TPSA) is 42.2 Å². The van der Waals surface area contributed by atoms with Gasteiger partial charge in [-0.3, -0.25) is 4.90 Å². The third-order valence-electron chi connectivity index (χ3n) is 4.36. The minimum Gasteiger partial charge on any atom is -0.440 e. The Balaban J connectivity index is 1.49. The summed E-state index contributed by atoms with van der Waals surface area (Å²) >= 11 is 5.85. The third kappa shape index (κ3) is 3.23. The summed E-state index contributed by atoms with van der Waals surface area (Å²) in [7, 11) is 0. The molecule has 1 saturated heterocycles. The van der Waals surface area contributed by atoms with Gasteiger partial charge in [0.05, 0.1) is 0 Å². The zero-order chi connectivity index (χ0) is 15.6. The number of oxazole rings is 1. The number of likely N-dealkylation sites (tertiary alicyclic amines) is 1. The summed E-state index contributed by atoms with van der Waals surface area (Å²) in [4.78, 5) is 11.3. The van der Waals surface area contributed by atoms with E-state index in [4.69, 9.17) is 16.0 Å². The molecule has 0 saturated carbocycles. The maximum absolute atomic E-state index is 5.95. The molecule has 0 bridgehead atoms. The van der Waals surface area contributed by atoms with Gasteiger partial charge in [0.2, 0.25) is 0 Å². The van der Waals surface area contributed by atoms with Crippen molar-refractivity contribution in [3.63, 3.8) is 0 Å². The number of benzene rings is 1. The zero-order valence-electron chi connectivity index (χ0n) is 12.8. The van der Waals surface area contributed by atoms with Crippen LogP contribution in [-0.2, 0) is 6.54 Å². The van der Waals surface area contributed by atoms with E-state index in [0.29, 0.717) is 11.1 Å². The molecule has 0 amide bonds. The second-order valence-electron chi connectivity index (χ2n) is 6.08. The molecular weight excluding hydrogens is 310 g/mol. The summed E-state index contributed by atoms with van der Waals surface area (Å²) in [6, 6.07) is 11.8. The summed E-state index contributed by atoms with van der Waals surface area (Å²) in [5.41, 5.74) is 3.01. The maximum Gasteiger partial charge on any atom is 0.199 e. The molecule has 118 valence electrons. The van der Waals surface area contributed by atoms with Crippen molar-refractivity contribution in [3.05, 3.63) is 59.2 Å². The molecule has 1 aromatic carbocycles. The van der Waals surface area contributed by atoms with E-state index in [9.17, 15) is 0 Å². The number of halogens is 1. The van der Waals surface area contributed by atoms with Crippen molar-refractivity contribution in [2.45, 2.75) is 25.3 Å². The SMILES string of the molecule is Clc1ccc(CN2CCCC(c3nc4ccccc4o3)C2)cn1. The molecule has 4 nitrogen and oxygen atoms in total. The van der Waals surface area contributed by atoms with Crippen LogP contribution in [0.2, 0.25) is 5.15 Å². The zero-order valence-corrected chi connectivity index (χ0v) is 13.5. The van der Waals surface area contributed by atoms with Crippen LogP contribution >= 0.6 is 11.6 Å². The lowest BCUT2D eigenvalue weighted by atomic mass is 9.97. The summed E-state index contributed by atoms with van der Waals surface area (Å²) in [6.07, 6.45) is 4.14. The number of rotatable bonds is 3. The van der Waals surface area contributed by atoms with E-state index in [1.807, 2.05) is 42.6 Å². The molecule has 1 fully saturated rings. The summed E-state index contributed by atoms with van der Waals surface area (Å²) in [5, 5.41) is 0.539. The molecule has 3 heterocycles. The van der Waals surface area contributed by atoms with E-state index in [-0.39, 0.29) is 0 Å². The Hall–Kier alpha value is -1.91. The molecule has 0 N–H and O–H groups in total. The van der Waals surface area contributed by atoms with Crippen LogP contribution in [-0.4, -0.2) is 28.0 Å². The van der Waals surface area contributed by atoms with E-state index < -0.39 is 0 Å². The standard InChI is InChI=1S/C18H18ClN3O/c19-17-8-7-13(10-20-17)11-22-9-3-4-14(12-22)18-21-15-5-1-2-6-16(15)23-18/h1-2,5-8,10,14H,3-4,9,11-12H2. The van der Waals surface area contributed by atoms with Gasteiger partial charge in [0.25, 0.3) is 0 Å². The first-order valence-electron chi connectivity index (χ1n) is 7.96. The molecule has 1 unspecified atom stereocenters. The van der Waals surface area contributed by atoms with E-state index >= 15 is 0 Å². The van der Waals surface area contributed by atoms with Gasteiger partial charge in [-0.05, 0) is 43.1 Å². The Morgan fingerprint density at radius 2 is 2.13 bits per heavy atom. The van der Waals surface area contributed by atoms with Crippen LogP contribution in [0.1, 0.15) is 30.2 Å². The summed E-state index contributed by atoms with van der Waals surface area (Å²) in [5.74, 6) is 1.22. The largest absolute Gasteiger partial charge is 0.440 e. The predicted molar refractivity (Wildman–Crippen MR) is 90.5 cm³/mol. The van der Waals surface area contributed by atoms with Crippen LogP contribution in [0.15, 0.2) is 47.0 Å². The van der Waals surface area contributed by atoms with Crippen LogP contribution in [0.3, 0.4) is 0 Å². The average Bonchev–Trinajstić information content (AvgIpc) is 3.01. The maximum atomic E-state index is 5.95.